The van der Waals surface area contributed by atoms with Crippen LogP contribution in [0.2, 0.25) is 0 Å². The second-order valence-electron chi connectivity index (χ2n) is 5.74. The summed E-state index contributed by atoms with van der Waals surface area (Å²) in [5, 5.41) is 3.96. The third-order valence-electron chi connectivity index (χ3n) is 3.65. The fourth-order valence-corrected chi connectivity index (χ4v) is 3.98. The zero-order valence-electron chi connectivity index (χ0n) is 11.5. The van der Waals surface area contributed by atoms with Gasteiger partial charge in [-0.2, -0.15) is 0 Å². The lowest BCUT2D eigenvalue weighted by atomic mass is 9.98. The molecule has 3 nitrogen and oxygen atoms in total. The van der Waals surface area contributed by atoms with Crippen molar-refractivity contribution < 1.29 is 4.52 Å². The molecule has 0 saturated carbocycles. The van der Waals surface area contributed by atoms with Crippen molar-refractivity contribution in [1.29, 1.82) is 0 Å². The van der Waals surface area contributed by atoms with Crippen LogP contribution in [0.4, 0.5) is 5.82 Å². The Balaban J connectivity index is 1.99. The van der Waals surface area contributed by atoms with Crippen LogP contribution >= 0.6 is 11.3 Å². The Hall–Kier alpha value is -1.29. The zero-order chi connectivity index (χ0) is 13.4. The molecule has 4 heteroatoms. The molecular weight excluding hydrogens is 256 g/mol. The lowest BCUT2D eigenvalue weighted by Gasteiger charge is -2.08. The van der Waals surface area contributed by atoms with Crippen molar-refractivity contribution in [2.45, 2.75) is 46.0 Å². The molecule has 2 N–H and O–H groups in total. The quantitative estimate of drug-likeness (QED) is 0.919. The number of nitrogens with zero attached hydrogens (tertiary/aromatic N) is 1. The summed E-state index contributed by atoms with van der Waals surface area (Å²) in [6.45, 7) is 4.38. The molecule has 0 bridgehead atoms. The van der Waals surface area contributed by atoms with Gasteiger partial charge in [-0.05, 0) is 49.7 Å². The Morgan fingerprint density at radius 2 is 2.16 bits per heavy atom. The average molecular weight is 276 g/mol. The summed E-state index contributed by atoms with van der Waals surface area (Å²) in [7, 11) is 0. The summed E-state index contributed by atoms with van der Waals surface area (Å²) in [6.07, 6.45) is 5.95. The van der Waals surface area contributed by atoms with E-state index in [1.54, 1.807) is 0 Å². The van der Waals surface area contributed by atoms with E-state index < -0.39 is 0 Å². The first-order chi connectivity index (χ1) is 9.15. The number of fused-ring (bicyclic) bond motifs is 1. The van der Waals surface area contributed by atoms with Crippen LogP contribution in [0.1, 0.15) is 42.7 Å². The van der Waals surface area contributed by atoms with Gasteiger partial charge in [-0.3, -0.25) is 0 Å². The maximum Gasteiger partial charge on any atom is 0.182 e. The van der Waals surface area contributed by atoms with E-state index in [2.05, 4.69) is 25.1 Å². The number of aryl methyl sites for hydroxylation is 2. The molecular formula is C15H20N2OS. The summed E-state index contributed by atoms with van der Waals surface area (Å²) in [5.41, 5.74) is 8.52. The van der Waals surface area contributed by atoms with Crippen molar-refractivity contribution in [3.63, 3.8) is 0 Å². The van der Waals surface area contributed by atoms with Gasteiger partial charge < -0.3 is 10.3 Å². The van der Waals surface area contributed by atoms with E-state index in [1.807, 2.05) is 11.3 Å². The van der Waals surface area contributed by atoms with E-state index in [4.69, 9.17) is 10.3 Å². The molecule has 0 spiro atoms. The number of hydrogen-bond donors (Lipinski definition) is 1. The van der Waals surface area contributed by atoms with Crippen molar-refractivity contribution in [2.24, 2.45) is 5.92 Å². The Bertz CT molecular complexity index is 559. The van der Waals surface area contributed by atoms with Gasteiger partial charge in [0, 0.05) is 10.4 Å². The molecule has 102 valence electrons. The highest BCUT2D eigenvalue weighted by molar-refractivity contribution is 7.15. The zero-order valence-corrected chi connectivity index (χ0v) is 12.3. The summed E-state index contributed by atoms with van der Waals surface area (Å²) in [6, 6.07) is 2.28. The molecule has 0 atom stereocenters. The first-order valence-corrected chi connectivity index (χ1v) is 7.82. The Kier molecular flexibility index (Phi) is 3.35. The third kappa shape index (κ3) is 2.41. The van der Waals surface area contributed by atoms with E-state index in [9.17, 15) is 0 Å². The summed E-state index contributed by atoms with van der Waals surface area (Å²) < 4.78 is 5.50. The average Bonchev–Trinajstić information content (AvgIpc) is 2.93. The molecule has 0 aliphatic heterocycles. The van der Waals surface area contributed by atoms with Gasteiger partial charge in [0.25, 0.3) is 0 Å². The number of anilines is 1. The number of nitrogens with two attached hydrogens (primary N) is 1. The summed E-state index contributed by atoms with van der Waals surface area (Å²) in [4.78, 5) is 2.72. The molecule has 2 aromatic rings. The van der Waals surface area contributed by atoms with Crippen LogP contribution in [0.25, 0.3) is 10.6 Å². The van der Waals surface area contributed by atoms with Crippen LogP contribution in [0.3, 0.4) is 0 Å². The first kappa shape index (κ1) is 12.7. The van der Waals surface area contributed by atoms with Gasteiger partial charge in [-0.15, -0.1) is 11.3 Å². The van der Waals surface area contributed by atoms with Gasteiger partial charge in [0.15, 0.2) is 11.6 Å². The molecule has 2 heterocycles. The van der Waals surface area contributed by atoms with Crippen molar-refractivity contribution in [3.05, 3.63) is 22.1 Å². The van der Waals surface area contributed by atoms with E-state index in [0.717, 1.165) is 17.7 Å². The van der Waals surface area contributed by atoms with E-state index in [0.29, 0.717) is 11.7 Å². The number of rotatable bonds is 3. The van der Waals surface area contributed by atoms with Crippen LogP contribution in [-0.2, 0) is 19.3 Å². The Morgan fingerprint density at radius 1 is 1.37 bits per heavy atom. The highest BCUT2D eigenvalue weighted by atomic mass is 32.1. The van der Waals surface area contributed by atoms with E-state index in [-0.39, 0.29) is 0 Å². The molecule has 2 aromatic heterocycles. The van der Waals surface area contributed by atoms with E-state index in [1.165, 1.54) is 41.0 Å². The minimum Gasteiger partial charge on any atom is -0.381 e. The third-order valence-corrected chi connectivity index (χ3v) is 4.89. The number of thiophene rings is 1. The highest BCUT2D eigenvalue weighted by Crippen LogP contribution is 2.39. The first-order valence-electron chi connectivity index (χ1n) is 7.01. The Morgan fingerprint density at radius 3 is 2.89 bits per heavy atom. The van der Waals surface area contributed by atoms with Gasteiger partial charge >= 0.3 is 0 Å². The molecule has 0 unspecified atom stereocenters. The largest absolute Gasteiger partial charge is 0.381 e. The fourth-order valence-electron chi connectivity index (χ4n) is 2.72. The van der Waals surface area contributed by atoms with Crippen molar-refractivity contribution in [1.82, 2.24) is 5.16 Å². The monoisotopic (exact) mass is 276 g/mol. The van der Waals surface area contributed by atoms with Crippen LogP contribution < -0.4 is 5.73 Å². The molecule has 0 radical (unpaired) electrons. The van der Waals surface area contributed by atoms with Crippen molar-refractivity contribution in [3.8, 4) is 10.6 Å². The minimum atomic E-state index is 0.551. The van der Waals surface area contributed by atoms with Gasteiger partial charge in [-0.1, -0.05) is 19.0 Å². The number of aromatic nitrogens is 1. The second-order valence-corrected chi connectivity index (χ2v) is 6.88. The predicted octanol–water partition coefficient (Wildman–Crippen LogP) is 4.06. The van der Waals surface area contributed by atoms with Gasteiger partial charge in [0.1, 0.15) is 0 Å². The highest BCUT2D eigenvalue weighted by Gasteiger charge is 2.21. The maximum atomic E-state index is 5.95. The number of nitrogen functional groups attached to an aromatic ring is 1. The minimum absolute atomic E-state index is 0.551. The van der Waals surface area contributed by atoms with Gasteiger partial charge in [-0.25, -0.2) is 0 Å². The van der Waals surface area contributed by atoms with Crippen molar-refractivity contribution in [2.75, 3.05) is 5.73 Å². The molecule has 0 amide bonds. The number of hydrogen-bond acceptors (Lipinski definition) is 4. The predicted molar refractivity (Wildman–Crippen MR) is 79.4 cm³/mol. The molecule has 3 rings (SSSR count). The van der Waals surface area contributed by atoms with Gasteiger partial charge in [0.05, 0.1) is 4.88 Å². The normalized spacial score (nSPS) is 14.9. The standard InChI is InChI=1S/C15H20N2OS/c1-9(2)7-11-14(18-17-15(11)16)13-8-10-5-3-4-6-12(10)19-13/h8-9H,3-7H2,1-2H3,(H2,16,17). The van der Waals surface area contributed by atoms with Gasteiger partial charge in [0.2, 0.25) is 0 Å². The lowest BCUT2D eigenvalue weighted by molar-refractivity contribution is 0.435. The Labute approximate surface area is 117 Å². The summed E-state index contributed by atoms with van der Waals surface area (Å²) in [5.74, 6) is 2.00. The SMILES string of the molecule is CC(C)Cc1c(N)noc1-c1cc2c(s1)CCCC2. The van der Waals surface area contributed by atoms with Crippen LogP contribution in [0.15, 0.2) is 10.6 Å². The molecule has 0 aromatic carbocycles. The smallest absolute Gasteiger partial charge is 0.182 e. The molecule has 0 fully saturated rings. The molecule has 0 saturated heterocycles. The second kappa shape index (κ2) is 5.00. The topological polar surface area (TPSA) is 52.0 Å². The molecule has 19 heavy (non-hydrogen) atoms. The van der Waals surface area contributed by atoms with E-state index >= 15 is 0 Å². The fraction of sp³-hybridized carbons (Fsp3) is 0.533. The molecule has 1 aliphatic rings. The summed E-state index contributed by atoms with van der Waals surface area (Å²) >= 11 is 1.85. The van der Waals surface area contributed by atoms with Crippen molar-refractivity contribution >= 4 is 17.2 Å². The van der Waals surface area contributed by atoms with Crippen LogP contribution in [0, 0.1) is 5.92 Å². The molecule has 1 aliphatic carbocycles. The van der Waals surface area contributed by atoms with Crippen LogP contribution in [-0.4, -0.2) is 5.16 Å². The van der Waals surface area contributed by atoms with Crippen LogP contribution in [0.5, 0.6) is 0 Å². The lowest BCUT2D eigenvalue weighted by Crippen LogP contribution is -1.98. The maximum absolute atomic E-state index is 5.95.